The Kier molecular flexibility index (Phi) is 2.80. The van der Waals surface area contributed by atoms with Crippen LogP contribution in [-0.4, -0.2) is 7.50 Å². The third-order valence-electron chi connectivity index (χ3n) is 1.46. The SMILES string of the molecule is Fc1cnc2c(c1)C(Br)=CN(I)S2. The van der Waals surface area contributed by atoms with Gasteiger partial charge in [-0.2, -0.15) is 0 Å². The maximum atomic E-state index is 12.8. The van der Waals surface area contributed by atoms with Gasteiger partial charge in [-0.05, 0) is 22.0 Å². The molecule has 0 radical (unpaired) electrons. The van der Waals surface area contributed by atoms with E-state index >= 15 is 0 Å². The van der Waals surface area contributed by atoms with Gasteiger partial charge in [0.2, 0.25) is 0 Å². The summed E-state index contributed by atoms with van der Waals surface area (Å²) < 4.78 is 15.6. The summed E-state index contributed by atoms with van der Waals surface area (Å²) >= 11 is 6.95. The van der Waals surface area contributed by atoms with E-state index in [1.165, 1.54) is 24.2 Å². The van der Waals surface area contributed by atoms with Gasteiger partial charge in [-0.25, -0.2) is 9.37 Å². The summed E-state index contributed by atoms with van der Waals surface area (Å²) in [5, 5.41) is 0.810. The lowest BCUT2D eigenvalue weighted by atomic mass is 10.3. The molecular formula is C7H3BrFIN2S. The fourth-order valence-electron chi connectivity index (χ4n) is 0.938. The smallest absolute Gasteiger partial charge is 0.142 e. The number of nitrogens with zero attached hydrogens (tertiary/aromatic N) is 2. The van der Waals surface area contributed by atoms with Crippen LogP contribution in [0, 0.1) is 5.82 Å². The average molecular weight is 373 g/mol. The molecule has 0 atom stereocenters. The highest BCUT2D eigenvalue weighted by Crippen LogP contribution is 2.39. The van der Waals surface area contributed by atoms with E-state index in [0.717, 1.165) is 15.1 Å². The van der Waals surface area contributed by atoms with Crippen LogP contribution in [0.2, 0.25) is 0 Å². The Morgan fingerprint density at radius 3 is 3.15 bits per heavy atom. The summed E-state index contributed by atoms with van der Waals surface area (Å²) in [5.74, 6) is -0.313. The second-order valence-corrected chi connectivity index (χ2v) is 5.86. The fraction of sp³-hybridized carbons (Fsp3) is 0. The van der Waals surface area contributed by atoms with Gasteiger partial charge in [0, 0.05) is 28.2 Å². The van der Waals surface area contributed by atoms with Gasteiger partial charge in [0.25, 0.3) is 0 Å². The van der Waals surface area contributed by atoms with Crippen molar-refractivity contribution in [3.8, 4) is 0 Å². The Morgan fingerprint density at radius 2 is 2.38 bits per heavy atom. The molecule has 6 heteroatoms. The third kappa shape index (κ3) is 1.99. The molecule has 1 aliphatic rings. The van der Waals surface area contributed by atoms with Crippen LogP contribution in [0.25, 0.3) is 4.48 Å². The molecule has 2 heterocycles. The van der Waals surface area contributed by atoms with Crippen LogP contribution in [0.15, 0.2) is 23.5 Å². The molecule has 0 unspecified atom stereocenters. The minimum Gasteiger partial charge on any atom is -0.257 e. The first-order valence-corrected chi connectivity index (χ1v) is 5.86. The van der Waals surface area contributed by atoms with E-state index < -0.39 is 0 Å². The minimum absolute atomic E-state index is 0.313. The highest BCUT2D eigenvalue weighted by atomic mass is 127. The standard InChI is InChI=1S/C7H3BrFIN2S/c8-6-3-12(10)13-7-5(6)1-4(9)2-11-7/h1-3H. The second kappa shape index (κ2) is 3.74. The molecule has 1 aliphatic heterocycles. The first-order chi connectivity index (χ1) is 6.16. The Balaban J connectivity index is 2.54. The summed E-state index contributed by atoms with van der Waals surface area (Å²) in [6.07, 6.45) is 3.09. The molecule has 13 heavy (non-hydrogen) atoms. The first-order valence-electron chi connectivity index (χ1n) is 3.33. The summed E-state index contributed by atoms with van der Waals surface area (Å²) in [6, 6.07) is 1.47. The molecule has 0 saturated carbocycles. The number of fused-ring (bicyclic) bond motifs is 1. The van der Waals surface area contributed by atoms with Crippen molar-refractivity contribution in [2.75, 3.05) is 0 Å². The number of hydrogen-bond acceptors (Lipinski definition) is 3. The molecular weight excluding hydrogens is 370 g/mol. The summed E-state index contributed by atoms with van der Waals surface area (Å²) in [5.41, 5.74) is 0.804. The monoisotopic (exact) mass is 372 g/mol. The molecule has 0 aromatic carbocycles. The van der Waals surface area contributed by atoms with Crippen LogP contribution in [-0.2, 0) is 0 Å². The highest BCUT2D eigenvalue weighted by molar-refractivity contribution is 14.1. The predicted octanol–water partition coefficient (Wildman–Crippen LogP) is 3.59. The molecule has 0 saturated heterocycles. The first kappa shape index (κ1) is 9.72. The van der Waals surface area contributed by atoms with Gasteiger partial charge in [-0.3, -0.25) is 2.52 Å². The zero-order valence-corrected chi connectivity index (χ0v) is 10.7. The molecule has 1 aromatic heterocycles. The van der Waals surface area contributed by atoms with Crippen molar-refractivity contribution >= 4 is 55.2 Å². The molecule has 2 nitrogen and oxygen atoms in total. The van der Waals surface area contributed by atoms with Gasteiger partial charge >= 0.3 is 0 Å². The lowest BCUT2D eigenvalue weighted by Gasteiger charge is -2.18. The van der Waals surface area contributed by atoms with Gasteiger partial charge in [0.1, 0.15) is 10.8 Å². The van der Waals surface area contributed by atoms with Crippen molar-refractivity contribution in [1.82, 2.24) is 7.50 Å². The van der Waals surface area contributed by atoms with E-state index in [0.29, 0.717) is 0 Å². The number of pyridine rings is 1. The quantitative estimate of drug-likeness (QED) is 0.393. The van der Waals surface area contributed by atoms with Crippen molar-refractivity contribution in [2.45, 2.75) is 5.03 Å². The van der Waals surface area contributed by atoms with Crippen LogP contribution < -0.4 is 0 Å². The van der Waals surface area contributed by atoms with E-state index in [1.807, 2.05) is 8.72 Å². The zero-order valence-electron chi connectivity index (χ0n) is 6.17. The van der Waals surface area contributed by atoms with Crippen LogP contribution >= 0.6 is 50.7 Å². The van der Waals surface area contributed by atoms with E-state index in [2.05, 4.69) is 43.8 Å². The van der Waals surface area contributed by atoms with Gasteiger partial charge in [-0.1, -0.05) is 0 Å². The van der Waals surface area contributed by atoms with Crippen LogP contribution in [0.1, 0.15) is 5.56 Å². The van der Waals surface area contributed by atoms with Gasteiger partial charge < -0.3 is 0 Å². The number of hydrogen-bond donors (Lipinski definition) is 0. The highest BCUT2D eigenvalue weighted by Gasteiger charge is 2.17. The summed E-state index contributed by atoms with van der Waals surface area (Å²) in [7, 11) is 0. The summed E-state index contributed by atoms with van der Waals surface area (Å²) in [4.78, 5) is 3.99. The second-order valence-electron chi connectivity index (χ2n) is 2.35. The Labute approximate surface area is 101 Å². The van der Waals surface area contributed by atoms with Crippen LogP contribution in [0.4, 0.5) is 4.39 Å². The molecule has 0 bridgehead atoms. The van der Waals surface area contributed by atoms with Crippen molar-refractivity contribution in [3.63, 3.8) is 0 Å². The van der Waals surface area contributed by atoms with Crippen LogP contribution in [0.3, 0.4) is 0 Å². The molecule has 0 spiro atoms. The topological polar surface area (TPSA) is 16.1 Å². The Bertz CT molecular complexity index is 385. The van der Waals surface area contributed by atoms with Gasteiger partial charge in [-0.15, -0.1) is 0 Å². The van der Waals surface area contributed by atoms with Crippen LogP contribution in [0.5, 0.6) is 0 Å². The molecule has 2 rings (SSSR count). The van der Waals surface area contributed by atoms with Crippen molar-refractivity contribution in [1.29, 1.82) is 0 Å². The van der Waals surface area contributed by atoms with E-state index in [-0.39, 0.29) is 5.82 Å². The van der Waals surface area contributed by atoms with E-state index in [1.54, 1.807) is 0 Å². The van der Waals surface area contributed by atoms with Gasteiger partial charge in [0.05, 0.1) is 29.1 Å². The largest absolute Gasteiger partial charge is 0.257 e. The maximum absolute atomic E-state index is 12.8. The Morgan fingerprint density at radius 1 is 1.62 bits per heavy atom. The molecule has 0 amide bonds. The van der Waals surface area contributed by atoms with E-state index in [4.69, 9.17) is 0 Å². The number of halogens is 3. The number of rotatable bonds is 0. The third-order valence-corrected chi connectivity index (χ3v) is 3.74. The van der Waals surface area contributed by atoms with Crippen molar-refractivity contribution in [3.05, 3.63) is 29.8 Å². The molecule has 68 valence electrons. The summed E-state index contributed by atoms with van der Waals surface area (Å²) in [6.45, 7) is 0. The Hall–Kier alpha value is 0.180. The predicted molar refractivity (Wildman–Crippen MR) is 62.8 cm³/mol. The zero-order chi connectivity index (χ0) is 9.42. The maximum Gasteiger partial charge on any atom is 0.142 e. The lowest BCUT2D eigenvalue weighted by Crippen LogP contribution is -2.01. The van der Waals surface area contributed by atoms with Crippen molar-refractivity contribution in [2.24, 2.45) is 0 Å². The number of aromatic nitrogens is 1. The molecule has 0 N–H and O–H groups in total. The average Bonchev–Trinajstić information content (AvgIpc) is 2.06. The van der Waals surface area contributed by atoms with Gasteiger partial charge in [0.15, 0.2) is 0 Å². The normalized spacial score (nSPS) is 15.3. The van der Waals surface area contributed by atoms with E-state index in [9.17, 15) is 4.39 Å². The lowest BCUT2D eigenvalue weighted by molar-refractivity contribution is 0.617. The van der Waals surface area contributed by atoms with Crippen molar-refractivity contribution < 1.29 is 4.39 Å². The molecule has 0 fully saturated rings. The molecule has 1 aromatic rings. The molecule has 0 aliphatic carbocycles. The minimum atomic E-state index is -0.313. The fourth-order valence-corrected chi connectivity index (χ4v) is 3.62.